The van der Waals surface area contributed by atoms with Crippen LogP contribution in [0, 0.1) is 0 Å². The number of aliphatic carboxylic acids is 1. The van der Waals surface area contributed by atoms with E-state index in [0.717, 1.165) is 13.5 Å². The zero-order chi connectivity index (χ0) is 15.7. The number of carboxylic acid groups (broad SMARTS) is 1. The summed E-state index contributed by atoms with van der Waals surface area (Å²) in [6.45, 7) is 1.61. The number of carbonyl (C=O) groups is 1. The lowest BCUT2D eigenvalue weighted by Crippen LogP contribution is -1.94. The van der Waals surface area contributed by atoms with Gasteiger partial charge in [0.25, 0.3) is 0 Å². The first-order chi connectivity index (χ1) is 10.5. The van der Waals surface area contributed by atoms with E-state index < -0.39 is 5.97 Å². The molecule has 0 aromatic carbocycles. The van der Waals surface area contributed by atoms with E-state index in [1.807, 2.05) is 12.1 Å². The summed E-state index contributed by atoms with van der Waals surface area (Å²) in [5.74, 6) is -0.878. The highest BCUT2D eigenvalue weighted by Crippen LogP contribution is 2.40. The van der Waals surface area contributed by atoms with Crippen molar-refractivity contribution in [3.63, 3.8) is 0 Å². The Labute approximate surface area is 148 Å². The molecule has 0 saturated heterocycles. The average molecular weight is 411 g/mol. The van der Waals surface area contributed by atoms with E-state index in [0.29, 0.717) is 5.57 Å². The van der Waals surface area contributed by atoms with Gasteiger partial charge in [0.1, 0.15) is 0 Å². The Bertz CT molecular complexity index is 854. The van der Waals surface area contributed by atoms with Crippen molar-refractivity contribution in [1.82, 2.24) is 0 Å². The van der Waals surface area contributed by atoms with Crippen LogP contribution in [0.1, 0.15) is 11.8 Å². The molecule has 0 aliphatic rings. The summed E-state index contributed by atoms with van der Waals surface area (Å²) in [6, 6.07) is 12.4. The molecular formula is C16H11BrO2S3. The van der Waals surface area contributed by atoms with Crippen molar-refractivity contribution in [2.45, 2.75) is 6.92 Å². The zero-order valence-corrected chi connectivity index (χ0v) is 15.5. The van der Waals surface area contributed by atoms with Gasteiger partial charge in [0.05, 0.1) is 3.79 Å². The molecule has 0 spiro atoms. The van der Waals surface area contributed by atoms with Gasteiger partial charge in [-0.3, -0.25) is 0 Å². The first-order valence-corrected chi connectivity index (χ1v) is 9.64. The van der Waals surface area contributed by atoms with Gasteiger partial charge in [-0.05, 0) is 65.3 Å². The quantitative estimate of drug-likeness (QED) is 0.501. The van der Waals surface area contributed by atoms with Crippen molar-refractivity contribution in [2.24, 2.45) is 0 Å². The Balaban J connectivity index is 1.87. The fourth-order valence-corrected chi connectivity index (χ4v) is 5.47. The molecule has 22 heavy (non-hydrogen) atoms. The van der Waals surface area contributed by atoms with Crippen molar-refractivity contribution in [3.8, 4) is 19.5 Å². The smallest absolute Gasteiger partial charge is 0.331 e. The predicted octanol–water partition coefficient (Wildman–Crippen LogP) is 6.46. The van der Waals surface area contributed by atoms with Gasteiger partial charge in [-0.15, -0.1) is 34.0 Å². The fraction of sp³-hybridized carbons (Fsp3) is 0.0625. The number of thiophene rings is 3. The van der Waals surface area contributed by atoms with Crippen LogP contribution in [-0.4, -0.2) is 11.1 Å². The highest BCUT2D eigenvalue weighted by atomic mass is 79.9. The Morgan fingerprint density at radius 1 is 0.955 bits per heavy atom. The molecule has 0 saturated carbocycles. The maximum absolute atomic E-state index is 10.9. The topological polar surface area (TPSA) is 37.3 Å². The Kier molecular flexibility index (Phi) is 4.63. The lowest BCUT2D eigenvalue weighted by molar-refractivity contribution is -0.132. The molecule has 3 aromatic heterocycles. The number of rotatable bonds is 4. The van der Waals surface area contributed by atoms with Gasteiger partial charge < -0.3 is 5.11 Å². The van der Waals surface area contributed by atoms with E-state index in [2.05, 4.69) is 40.2 Å². The fourth-order valence-electron chi connectivity index (χ4n) is 1.89. The standard InChI is InChI=1S/C16H11BrO2S3/c1-9(16(18)19)8-10-2-3-11(20-10)12-4-5-13(21-12)14-6-7-15(17)22-14/h2-8H,1H3,(H,18,19)/b9-8+. The predicted molar refractivity (Wildman–Crippen MR) is 99.9 cm³/mol. The molecule has 3 rings (SSSR count). The highest BCUT2D eigenvalue weighted by Gasteiger charge is 2.09. The van der Waals surface area contributed by atoms with Crippen LogP contribution < -0.4 is 0 Å². The summed E-state index contributed by atoms with van der Waals surface area (Å²) < 4.78 is 1.13. The molecule has 0 amide bonds. The molecule has 0 fully saturated rings. The molecule has 0 bridgehead atoms. The summed E-state index contributed by atoms with van der Waals surface area (Å²) in [4.78, 5) is 16.7. The molecule has 6 heteroatoms. The minimum Gasteiger partial charge on any atom is -0.478 e. The molecule has 0 aliphatic heterocycles. The van der Waals surface area contributed by atoms with Crippen LogP contribution in [0.15, 0.2) is 45.8 Å². The van der Waals surface area contributed by atoms with Crippen LogP contribution in [-0.2, 0) is 4.79 Å². The molecule has 112 valence electrons. The molecule has 0 aliphatic carbocycles. The van der Waals surface area contributed by atoms with E-state index >= 15 is 0 Å². The maximum Gasteiger partial charge on any atom is 0.331 e. The highest BCUT2D eigenvalue weighted by molar-refractivity contribution is 9.11. The lowest BCUT2D eigenvalue weighted by atomic mass is 10.2. The van der Waals surface area contributed by atoms with Crippen molar-refractivity contribution in [2.75, 3.05) is 0 Å². The Hall–Kier alpha value is -1.21. The molecule has 2 nitrogen and oxygen atoms in total. The second kappa shape index (κ2) is 6.50. The van der Waals surface area contributed by atoms with Crippen molar-refractivity contribution in [1.29, 1.82) is 0 Å². The van der Waals surface area contributed by atoms with Crippen LogP contribution in [0.25, 0.3) is 25.6 Å². The van der Waals surface area contributed by atoms with Crippen LogP contribution in [0.2, 0.25) is 0 Å². The minimum absolute atomic E-state index is 0.351. The maximum atomic E-state index is 10.9. The monoisotopic (exact) mass is 410 g/mol. The molecule has 0 atom stereocenters. The van der Waals surface area contributed by atoms with Gasteiger partial charge >= 0.3 is 5.97 Å². The van der Waals surface area contributed by atoms with Crippen molar-refractivity contribution < 1.29 is 9.90 Å². The third-order valence-corrected chi connectivity index (χ3v) is 7.12. The van der Waals surface area contributed by atoms with Gasteiger partial charge in [-0.1, -0.05) is 0 Å². The number of carboxylic acids is 1. The van der Waals surface area contributed by atoms with E-state index in [1.165, 1.54) is 14.6 Å². The van der Waals surface area contributed by atoms with Crippen molar-refractivity contribution >= 4 is 62.0 Å². The summed E-state index contributed by atoms with van der Waals surface area (Å²) in [7, 11) is 0. The zero-order valence-electron chi connectivity index (χ0n) is 11.5. The van der Waals surface area contributed by atoms with Crippen LogP contribution in [0.5, 0.6) is 0 Å². The van der Waals surface area contributed by atoms with Crippen LogP contribution >= 0.6 is 49.9 Å². The van der Waals surface area contributed by atoms with Gasteiger partial charge in [-0.25, -0.2) is 4.79 Å². The number of halogens is 1. The van der Waals surface area contributed by atoms with E-state index in [9.17, 15) is 4.79 Å². The Morgan fingerprint density at radius 2 is 1.50 bits per heavy atom. The first-order valence-electron chi connectivity index (χ1n) is 6.40. The number of hydrogen-bond donors (Lipinski definition) is 1. The molecule has 3 aromatic rings. The summed E-state index contributed by atoms with van der Waals surface area (Å²) in [5.41, 5.74) is 0.351. The molecule has 0 unspecified atom stereocenters. The first kappa shape index (κ1) is 15.7. The van der Waals surface area contributed by atoms with E-state index in [-0.39, 0.29) is 0 Å². The van der Waals surface area contributed by atoms with E-state index in [1.54, 1.807) is 47.0 Å². The third-order valence-electron chi connectivity index (χ3n) is 2.99. The second-order valence-corrected chi connectivity index (χ2v) is 9.26. The van der Waals surface area contributed by atoms with Gasteiger partial charge in [0.2, 0.25) is 0 Å². The van der Waals surface area contributed by atoms with Crippen LogP contribution in [0.4, 0.5) is 0 Å². The van der Waals surface area contributed by atoms with Gasteiger partial charge in [-0.2, -0.15) is 0 Å². The van der Waals surface area contributed by atoms with Crippen molar-refractivity contribution in [3.05, 3.63) is 50.6 Å². The molecule has 0 radical (unpaired) electrons. The SMILES string of the molecule is C/C(=C\c1ccc(-c2ccc(-c3ccc(Br)s3)s2)s1)C(=O)O. The van der Waals surface area contributed by atoms with E-state index in [4.69, 9.17) is 5.11 Å². The molecule has 1 N–H and O–H groups in total. The summed E-state index contributed by atoms with van der Waals surface area (Å²) >= 11 is 8.58. The average Bonchev–Trinajstić information content (AvgIpc) is 3.17. The third kappa shape index (κ3) is 3.41. The number of hydrogen-bond acceptors (Lipinski definition) is 4. The molecular weight excluding hydrogens is 400 g/mol. The van der Waals surface area contributed by atoms with Gasteiger partial charge in [0.15, 0.2) is 0 Å². The van der Waals surface area contributed by atoms with Crippen LogP contribution in [0.3, 0.4) is 0 Å². The largest absolute Gasteiger partial charge is 0.478 e. The second-order valence-electron chi connectivity index (χ2n) is 4.60. The lowest BCUT2D eigenvalue weighted by Gasteiger charge is -1.92. The van der Waals surface area contributed by atoms with Gasteiger partial charge in [0, 0.05) is 30.0 Å². The summed E-state index contributed by atoms with van der Waals surface area (Å²) in [6.07, 6.45) is 1.71. The minimum atomic E-state index is -0.878. The Morgan fingerprint density at radius 3 is 2.09 bits per heavy atom. The molecule has 3 heterocycles. The summed E-state index contributed by atoms with van der Waals surface area (Å²) in [5, 5.41) is 8.93. The normalized spacial score (nSPS) is 11.8.